The van der Waals surface area contributed by atoms with Crippen molar-refractivity contribution >= 4 is 11.8 Å². The summed E-state index contributed by atoms with van der Waals surface area (Å²) in [5.41, 5.74) is 0.879. The number of hydrogen-bond acceptors (Lipinski definition) is 4. The third kappa shape index (κ3) is 4.88. The van der Waals surface area contributed by atoms with Crippen LogP contribution in [0.5, 0.6) is 5.75 Å². The van der Waals surface area contributed by atoms with Crippen LogP contribution in [0.2, 0.25) is 0 Å². The maximum absolute atomic E-state index is 10.1. The highest BCUT2D eigenvalue weighted by Gasteiger charge is 2.16. The molecule has 0 saturated heterocycles. The lowest BCUT2D eigenvalue weighted by atomic mass is 10.1. The Kier molecular flexibility index (Phi) is 5.99. The van der Waals surface area contributed by atoms with Crippen molar-refractivity contribution in [2.75, 3.05) is 26.5 Å². The van der Waals surface area contributed by atoms with Crippen LogP contribution < -0.4 is 10.1 Å². The Labute approximate surface area is 114 Å². The monoisotopic (exact) mass is 269 g/mol. The van der Waals surface area contributed by atoms with Gasteiger partial charge < -0.3 is 15.2 Å². The second-order valence-corrected chi connectivity index (χ2v) is 6.40. The zero-order valence-electron chi connectivity index (χ0n) is 11.6. The Hall–Kier alpha value is -0.710. The fraction of sp³-hybridized carbons (Fsp3) is 0.571. The topological polar surface area (TPSA) is 41.5 Å². The lowest BCUT2D eigenvalue weighted by molar-refractivity contribution is 0.173. The molecule has 0 amide bonds. The molecule has 1 atom stereocenters. The summed E-state index contributed by atoms with van der Waals surface area (Å²) in [5, 5.41) is 13.4. The van der Waals surface area contributed by atoms with Gasteiger partial charge in [0.2, 0.25) is 0 Å². The second-order valence-electron chi connectivity index (χ2n) is 4.89. The standard InChI is InChI=1S/C14H23NO2S/c1-14(2,18-4)10-15-9-13(16)11-6-5-7-12(8-11)17-3/h5-8,13,15-16H,9-10H2,1-4H3. The summed E-state index contributed by atoms with van der Waals surface area (Å²) in [7, 11) is 1.63. The van der Waals surface area contributed by atoms with E-state index in [1.807, 2.05) is 36.0 Å². The lowest BCUT2D eigenvalue weighted by Crippen LogP contribution is -2.34. The molecule has 0 aromatic heterocycles. The number of hydrogen-bond donors (Lipinski definition) is 2. The average Bonchev–Trinajstić information content (AvgIpc) is 2.38. The van der Waals surface area contributed by atoms with Gasteiger partial charge >= 0.3 is 0 Å². The molecule has 0 bridgehead atoms. The SMILES string of the molecule is COc1cccc(C(O)CNCC(C)(C)SC)c1. The molecule has 0 heterocycles. The molecule has 0 aliphatic heterocycles. The number of ether oxygens (including phenoxy) is 1. The smallest absolute Gasteiger partial charge is 0.119 e. The van der Waals surface area contributed by atoms with Crippen LogP contribution >= 0.6 is 11.8 Å². The molecule has 0 radical (unpaired) electrons. The molecule has 0 aliphatic carbocycles. The summed E-state index contributed by atoms with van der Waals surface area (Å²) in [6.07, 6.45) is 1.60. The van der Waals surface area contributed by atoms with Gasteiger partial charge in [0.25, 0.3) is 0 Å². The van der Waals surface area contributed by atoms with Gasteiger partial charge in [-0.25, -0.2) is 0 Å². The molecule has 3 nitrogen and oxygen atoms in total. The number of benzene rings is 1. The first-order valence-corrected chi connectivity index (χ1v) is 7.29. The van der Waals surface area contributed by atoms with Crippen molar-refractivity contribution < 1.29 is 9.84 Å². The third-order valence-electron chi connectivity index (χ3n) is 2.92. The van der Waals surface area contributed by atoms with E-state index in [-0.39, 0.29) is 4.75 Å². The van der Waals surface area contributed by atoms with Crippen LogP contribution in [0.15, 0.2) is 24.3 Å². The Balaban J connectivity index is 2.47. The van der Waals surface area contributed by atoms with Crippen molar-refractivity contribution in [2.45, 2.75) is 24.7 Å². The van der Waals surface area contributed by atoms with Crippen LogP contribution in [0, 0.1) is 0 Å². The van der Waals surface area contributed by atoms with Gasteiger partial charge in [0, 0.05) is 17.8 Å². The van der Waals surface area contributed by atoms with Crippen molar-refractivity contribution in [3.8, 4) is 5.75 Å². The van der Waals surface area contributed by atoms with Crippen LogP contribution in [-0.4, -0.2) is 36.3 Å². The minimum atomic E-state index is -0.502. The number of aliphatic hydroxyl groups is 1. The summed E-state index contributed by atoms with van der Waals surface area (Å²) in [6, 6.07) is 7.55. The minimum Gasteiger partial charge on any atom is -0.497 e. The molecule has 0 aliphatic rings. The molecule has 1 unspecified atom stereocenters. The molecule has 0 saturated carbocycles. The van der Waals surface area contributed by atoms with Gasteiger partial charge in [-0.05, 0) is 37.8 Å². The first kappa shape index (κ1) is 15.3. The normalized spacial score (nSPS) is 13.4. The lowest BCUT2D eigenvalue weighted by Gasteiger charge is -2.23. The number of methoxy groups -OCH3 is 1. The summed E-state index contributed by atoms with van der Waals surface area (Å²) in [4.78, 5) is 0. The number of nitrogens with one attached hydrogen (secondary N) is 1. The van der Waals surface area contributed by atoms with Crippen molar-refractivity contribution in [2.24, 2.45) is 0 Å². The first-order chi connectivity index (χ1) is 8.48. The molecule has 1 rings (SSSR count). The molecule has 102 valence electrons. The molecule has 18 heavy (non-hydrogen) atoms. The van der Waals surface area contributed by atoms with Gasteiger partial charge in [0.1, 0.15) is 5.75 Å². The largest absolute Gasteiger partial charge is 0.497 e. The fourth-order valence-corrected chi connectivity index (χ4v) is 1.80. The molecule has 0 fully saturated rings. The minimum absolute atomic E-state index is 0.189. The zero-order chi connectivity index (χ0) is 13.6. The summed E-state index contributed by atoms with van der Waals surface area (Å²) < 4.78 is 5.33. The number of rotatable bonds is 7. The van der Waals surface area contributed by atoms with Crippen LogP contribution in [0.3, 0.4) is 0 Å². The quantitative estimate of drug-likeness (QED) is 0.798. The van der Waals surface area contributed by atoms with E-state index in [2.05, 4.69) is 25.4 Å². The second kappa shape index (κ2) is 7.02. The Bertz CT molecular complexity index is 369. The Morgan fingerprint density at radius 1 is 1.44 bits per heavy atom. The summed E-state index contributed by atoms with van der Waals surface area (Å²) in [5.74, 6) is 0.774. The van der Waals surface area contributed by atoms with Crippen molar-refractivity contribution in [1.29, 1.82) is 0 Å². The van der Waals surface area contributed by atoms with E-state index >= 15 is 0 Å². The molecule has 0 spiro atoms. The predicted molar refractivity (Wildman–Crippen MR) is 78.4 cm³/mol. The Morgan fingerprint density at radius 2 is 2.17 bits per heavy atom. The maximum Gasteiger partial charge on any atom is 0.119 e. The molecule has 1 aromatic rings. The number of aliphatic hydroxyl groups excluding tert-OH is 1. The van der Waals surface area contributed by atoms with Gasteiger partial charge in [-0.15, -0.1) is 0 Å². The van der Waals surface area contributed by atoms with Gasteiger partial charge in [-0.1, -0.05) is 12.1 Å². The maximum atomic E-state index is 10.1. The van der Waals surface area contributed by atoms with E-state index in [1.165, 1.54) is 0 Å². The zero-order valence-corrected chi connectivity index (χ0v) is 12.4. The summed E-state index contributed by atoms with van der Waals surface area (Å²) >= 11 is 1.82. The van der Waals surface area contributed by atoms with E-state index < -0.39 is 6.10 Å². The van der Waals surface area contributed by atoms with E-state index in [0.29, 0.717) is 6.54 Å². The average molecular weight is 269 g/mol. The fourth-order valence-electron chi connectivity index (χ4n) is 1.55. The van der Waals surface area contributed by atoms with Crippen molar-refractivity contribution in [3.05, 3.63) is 29.8 Å². The number of thioether (sulfide) groups is 1. The molecular weight excluding hydrogens is 246 g/mol. The summed E-state index contributed by atoms with van der Waals surface area (Å²) in [6.45, 7) is 5.79. The van der Waals surface area contributed by atoms with E-state index in [0.717, 1.165) is 17.9 Å². The van der Waals surface area contributed by atoms with E-state index in [1.54, 1.807) is 7.11 Å². The van der Waals surface area contributed by atoms with Crippen molar-refractivity contribution in [3.63, 3.8) is 0 Å². The van der Waals surface area contributed by atoms with Crippen LogP contribution in [0.1, 0.15) is 25.5 Å². The van der Waals surface area contributed by atoms with Gasteiger partial charge in [0.05, 0.1) is 13.2 Å². The van der Waals surface area contributed by atoms with Gasteiger partial charge in [-0.2, -0.15) is 11.8 Å². The Morgan fingerprint density at radius 3 is 2.78 bits per heavy atom. The van der Waals surface area contributed by atoms with Gasteiger partial charge in [0.15, 0.2) is 0 Å². The van der Waals surface area contributed by atoms with E-state index in [9.17, 15) is 5.11 Å². The third-order valence-corrected chi connectivity index (χ3v) is 4.17. The van der Waals surface area contributed by atoms with E-state index in [4.69, 9.17) is 4.74 Å². The van der Waals surface area contributed by atoms with Crippen LogP contribution in [0.25, 0.3) is 0 Å². The molecule has 1 aromatic carbocycles. The van der Waals surface area contributed by atoms with Crippen LogP contribution in [0.4, 0.5) is 0 Å². The predicted octanol–water partition coefficient (Wildman–Crippen LogP) is 2.46. The van der Waals surface area contributed by atoms with Gasteiger partial charge in [-0.3, -0.25) is 0 Å². The highest BCUT2D eigenvalue weighted by Crippen LogP contribution is 2.21. The van der Waals surface area contributed by atoms with Crippen molar-refractivity contribution in [1.82, 2.24) is 5.32 Å². The van der Waals surface area contributed by atoms with Crippen LogP contribution in [-0.2, 0) is 0 Å². The first-order valence-electron chi connectivity index (χ1n) is 6.06. The highest BCUT2D eigenvalue weighted by molar-refractivity contribution is 7.99. The molecular formula is C14H23NO2S. The highest BCUT2D eigenvalue weighted by atomic mass is 32.2. The molecule has 4 heteroatoms. The molecule has 2 N–H and O–H groups in total.